The first-order valence-corrected chi connectivity index (χ1v) is 13.9. The Kier molecular flexibility index (Phi) is 9.54. The van der Waals surface area contributed by atoms with Crippen molar-refractivity contribution < 1.29 is 14.3 Å². The molecular formula is C30H37ClN8O3. The zero-order valence-electron chi connectivity index (χ0n) is 24.5. The van der Waals surface area contributed by atoms with Gasteiger partial charge in [0.2, 0.25) is 17.8 Å². The molecule has 1 saturated heterocycles. The molecule has 0 bridgehead atoms. The first-order chi connectivity index (χ1) is 20.0. The van der Waals surface area contributed by atoms with Gasteiger partial charge in [0.25, 0.3) is 0 Å². The Bertz CT molecular complexity index is 1470. The zero-order chi connectivity index (χ0) is 30.4. The van der Waals surface area contributed by atoms with E-state index in [9.17, 15) is 9.59 Å². The van der Waals surface area contributed by atoms with E-state index in [0.717, 1.165) is 31.9 Å². The van der Waals surface area contributed by atoms with Gasteiger partial charge < -0.3 is 35.8 Å². The number of nitrogens with zero attached hydrogens (tertiary/aromatic N) is 4. The Balaban J connectivity index is 1.64. The smallest absolute Gasteiger partial charge is 0.247 e. The maximum Gasteiger partial charge on any atom is 0.247 e. The molecule has 12 heteroatoms. The number of nitrogens with one attached hydrogen (secondary N) is 4. The maximum atomic E-state index is 12.6. The van der Waals surface area contributed by atoms with Gasteiger partial charge in [-0.1, -0.05) is 51.1 Å². The molecule has 0 atom stereocenters. The van der Waals surface area contributed by atoms with Gasteiger partial charge in [-0.3, -0.25) is 9.59 Å². The molecule has 0 saturated carbocycles. The molecule has 3 aromatic rings. The molecule has 2 heterocycles. The van der Waals surface area contributed by atoms with Crippen molar-refractivity contribution in [2.24, 2.45) is 5.41 Å². The second kappa shape index (κ2) is 13.1. The van der Waals surface area contributed by atoms with Crippen molar-refractivity contribution in [3.05, 3.63) is 60.3 Å². The number of amides is 2. The minimum Gasteiger partial charge on any atom is -0.494 e. The van der Waals surface area contributed by atoms with Gasteiger partial charge in [0.05, 0.1) is 41.7 Å². The summed E-state index contributed by atoms with van der Waals surface area (Å²) in [6, 6.07) is 11.0. The van der Waals surface area contributed by atoms with Crippen LogP contribution in [0.1, 0.15) is 20.8 Å². The van der Waals surface area contributed by atoms with Gasteiger partial charge in [0, 0.05) is 37.7 Å². The van der Waals surface area contributed by atoms with Gasteiger partial charge in [-0.05, 0) is 31.3 Å². The molecule has 11 nitrogen and oxygen atoms in total. The van der Waals surface area contributed by atoms with Crippen molar-refractivity contribution in [2.75, 3.05) is 66.5 Å². The van der Waals surface area contributed by atoms with Crippen LogP contribution in [0.2, 0.25) is 5.02 Å². The number of para-hydroxylation sites is 2. The molecule has 4 rings (SSSR count). The lowest BCUT2D eigenvalue weighted by Crippen LogP contribution is -2.44. The number of benzene rings is 2. The Morgan fingerprint density at radius 1 is 1.00 bits per heavy atom. The summed E-state index contributed by atoms with van der Waals surface area (Å²) < 4.78 is 5.72. The minimum absolute atomic E-state index is 0.126. The van der Waals surface area contributed by atoms with E-state index < -0.39 is 5.41 Å². The number of ether oxygens (including phenoxy) is 1. The summed E-state index contributed by atoms with van der Waals surface area (Å²) in [5, 5.41) is 12.6. The first kappa shape index (κ1) is 30.6. The van der Waals surface area contributed by atoms with Crippen molar-refractivity contribution in [3.8, 4) is 5.75 Å². The standard InChI is InChI=1S/C30H37ClN8O3/c1-7-26(40)33-22-16-23(25(42-6)17-24(22)39-14-12-38(5)13-15-39)36-29-32-18-19(31)27(37-29)34-20-10-8-9-11-21(20)35-28(41)30(2,3)4/h7-11,16-18H,1,12-15H2,2-6H3,(H,33,40)(H,35,41)(H2,32,34,36,37). The Hall–Kier alpha value is -4.35. The highest BCUT2D eigenvalue weighted by atomic mass is 35.5. The SMILES string of the molecule is C=CC(=O)Nc1cc(Nc2ncc(Cl)c(Nc3ccccc3NC(=O)C(C)(C)C)n2)c(OC)cc1N1CCN(C)CC1. The van der Waals surface area contributed by atoms with E-state index in [1.54, 1.807) is 19.2 Å². The Morgan fingerprint density at radius 3 is 2.33 bits per heavy atom. The molecule has 2 amide bonds. The van der Waals surface area contributed by atoms with Crippen LogP contribution < -0.4 is 30.9 Å². The van der Waals surface area contributed by atoms with Crippen LogP contribution in [0.3, 0.4) is 0 Å². The van der Waals surface area contributed by atoms with Crippen LogP contribution in [0.5, 0.6) is 5.75 Å². The summed E-state index contributed by atoms with van der Waals surface area (Å²) in [4.78, 5) is 38.3. The van der Waals surface area contributed by atoms with Crippen molar-refractivity contribution in [2.45, 2.75) is 20.8 Å². The van der Waals surface area contributed by atoms with E-state index >= 15 is 0 Å². The van der Waals surface area contributed by atoms with E-state index in [-0.39, 0.29) is 22.8 Å². The highest BCUT2D eigenvalue weighted by Gasteiger charge is 2.23. The summed E-state index contributed by atoms with van der Waals surface area (Å²) in [6.07, 6.45) is 2.70. The van der Waals surface area contributed by atoms with Crippen molar-refractivity contribution in [1.29, 1.82) is 0 Å². The third kappa shape index (κ3) is 7.48. The van der Waals surface area contributed by atoms with Gasteiger partial charge in [-0.15, -0.1) is 0 Å². The van der Waals surface area contributed by atoms with E-state index in [2.05, 4.69) is 54.7 Å². The number of hydrogen-bond acceptors (Lipinski definition) is 9. The normalized spacial score (nSPS) is 13.7. The average Bonchev–Trinajstić information content (AvgIpc) is 2.96. The molecule has 1 aliphatic heterocycles. The molecular weight excluding hydrogens is 556 g/mol. The van der Waals surface area contributed by atoms with Crippen LogP contribution in [0.25, 0.3) is 0 Å². The topological polar surface area (TPSA) is 124 Å². The molecule has 1 aliphatic rings. The molecule has 4 N–H and O–H groups in total. The number of carbonyl (C=O) groups is 2. The quantitative estimate of drug-likeness (QED) is 0.239. The fraction of sp³-hybridized carbons (Fsp3) is 0.333. The van der Waals surface area contributed by atoms with Gasteiger partial charge in [0.15, 0.2) is 5.82 Å². The average molecular weight is 593 g/mol. The number of halogens is 1. The summed E-state index contributed by atoms with van der Waals surface area (Å²) in [5.74, 6) is 0.667. The van der Waals surface area contributed by atoms with Crippen LogP contribution in [0.4, 0.5) is 40.2 Å². The number of likely N-dealkylation sites (N-methyl/N-ethyl adjacent to an activating group) is 1. The first-order valence-electron chi connectivity index (χ1n) is 13.5. The van der Waals surface area contributed by atoms with Crippen LogP contribution >= 0.6 is 11.6 Å². The summed E-state index contributed by atoms with van der Waals surface area (Å²) >= 11 is 6.46. The summed E-state index contributed by atoms with van der Waals surface area (Å²) in [7, 11) is 3.66. The largest absolute Gasteiger partial charge is 0.494 e. The van der Waals surface area contributed by atoms with E-state index in [0.29, 0.717) is 34.3 Å². The lowest BCUT2D eigenvalue weighted by atomic mass is 9.95. The molecule has 0 aliphatic carbocycles. The Morgan fingerprint density at radius 2 is 1.69 bits per heavy atom. The predicted molar refractivity (Wildman–Crippen MR) is 170 cm³/mol. The lowest BCUT2D eigenvalue weighted by Gasteiger charge is -2.35. The highest BCUT2D eigenvalue weighted by molar-refractivity contribution is 6.33. The molecule has 42 heavy (non-hydrogen) atoms. The van der Waals surface area contributed by atoms with Crippen molar-refractivity contribution in [1.82, 2.24) is 14.9 Å². The van der Waals surface area contributed by atoms with Crippen LogP contribution in [0.15, 0.2) is 55.3 Å². The predicted octanol–water partition coefficient (Wildman–Crippen LogP) is 5.49. The van der Waals surface area contributed by atoms with Gasteiger partial charge in [-0.2, -0.15) is 4.98 Å². The minimum atomic E-state index is -0.570. The fourth-order valence-corrected chi connectivity index (χ4v) is 4.34. The molecule has 222 valence electrons. The fourth-order valence-electron chi connectivity index (χ4n) is 4.20. The number of methoxy groups -OCH3 is 1. The van der Waals surface area contributed by atoms with E-state index in [4.69, 9.17) is 16.3 Å². The van der Waals surface area contributed by atoms with Crippen LogP contribution in [0, 0.1) is 5.41 Å². The number of carbonyl (C=O) groups excluding carboxylic acids is 2. The molecule has 1 fully saturated rings. The third-order valence-corrected chi connectivity index (χ3v) is 6.98. The van der Waals surface area contributed by atoms with Crippen molar-refractivity contribution >= 4 is 63.6 Å². The molecule has 0 radical (unpaired) electrons. The molecule has 2 aromatic carbocycles. The number of hydrogen-bond donors (Lipinski definition) is 4. The van der Waals surface area contributed by atoms with Gasteiger partial charge >= 0.3 is 0 Å². The number of aromatic nitrogens is 2. The second-order valence-electron chi connectivity index (χ2n) is 10.9. The maximum absolute atomic E-state index is 12.6. The third-order valence-electron chi connectivity index (χ3n) is 6.71. The Labute approximate surface area is 251 Å². The molecule has 1 aromatic heterocycles. The lowest BCUT2D eigenvalue weighted by molar-refractivity contribution is -0.123. The summed E-state index contributed by atoms with van der Waals surface area (Å²) in [5.41, 5.74) is 2.62. The van der Waals surface area contributed by atoms with Crippen molar-refractivity contribution in [3.63, 3.8) is 0 Å². The van der Waals surface area contributed by atoms with Gasteiger partial charge in [-0.25, -0.2) is 4.98 Å². The molecule has 0 spiro atoms. The van der Waals surface area contributed by atoms with Gasteiger partial charge in [0.1, 0.15) is 10.8 Å². The van der Waals surface area contributed by atoms with E-state index in [1.807, 2.05) is 45.0 Å². The highest BCUT2D eigenvalue weighted by Crippen LogP contribution is 2.39. The molecule has 0 unspecified atom stereocenters. The number of rotatable bonds is 9. The number of piperazine rings is 1. The van der Waals surface area contributed by atoms with Crippen LogP contribution in [-0.2, 0) is 9.59 Å². The monoisotopic (exact) mass is 592 g/mol. The number of anilines is 7. The van der Waals surface area contributed by atoms with E-state index in [1.165, 1.54) is 12.3 Å². The van der Waals surface area contributed by atoms with Crippen LogP contribution in [-0.4, -0.2) is 67.0 Å². The second-order valence-corrected chi connectivity index (χ2v) is 11.4. The summed E-state index contributed by atoms with van der Waals surface area (Å²) in [6.45, 7) is 12.5. The zero-order valence-corrected chi connectivity index (χ0v) is 25.3.